The molecule has 2 heterocycles. The molecule has 4 rings (SSSR count). The first-order valence-electron chi connectivity index (χ1n) is 10.8. The molecule has 34 heavy (non-hydrogen) atoms. The summed E-state index contributed by atoms with van der Waals surface area (Å²) in [6, 6.07) is 12.8. The third-order valence-corrected chi connectivity index (χ3v) is 8.11. The maximum atomic E-state index is 13.3. The van der Waals surface area contributed by atoms with Gasteiger partial charge in [0.05, 0.1) is 9.82 Å². The van der Waals surface area contributed by atoms with Gasteiger partial charge in [0, 0.05) is 43.9 Å². The maximum absolute atomic E-state index is 13.3. The largest absolute Gasteiger partial charge is 0.451 e. The molecule has 0 atom stereocenters. The number of nitro groups is 1. The molecule has 1 fully saturated rings. The monoisotopic (exact) mass is 483 g/mol. The number of hydrogen-bond donors (Lipinski definition) is 0. The van der Waals surface area contributed by atoms with Crippen LogP contribution in [0.1, 0.15) is 27.2 Å². The minimum absolute atomic E-state index is 0.0320. The number of carbonyl (C=O) groups excluding carboxylic acids is 1. The molecule has 0 saturated carbocycles. The van der Waals surface area contributed by atoms with E-state index in [1.165, 1.54) is 16.4 Å². The summed E-state index contributed by atoms with van der Waals surface area (Å²) in [5.74, 6) is 0.229. The average molecular weight is 484 g/mol. The van der Waals surface area contributed by atoms with E-state index in [1.54, 1.807) is 43.0 Å². The van der Waals surface area contributed by atoms with Gasteiger partial charge in [-0.15, -0.1) is 0 Å². The van der Waals surface area contributed by atoms with Crippen LogP contribution in [-0.4, -0.2) is 54.6 Å². The number of nitrogens with zero attached hydrogens (tertiary/aromatic N) is 3. The highest BCUT2D eigenvalue weighted by Crippen LogP contribution is 2.28. The van der Waals surface area contributed by atoms with Gasteiger partial charge in [-0.2, -0.15) is 4.31 Å². The minimum atomic E-state index is -3.67. The number of carbonyl (C=O) groups is 1. The summed E-state index contributed by atoms with van der Waals surface area (Å²) in [6.45, 7) is 6.40. The molecular formula is C24H25N3O6S. The van der Waals surface area contributed by atoms with E-state index in [1.807, 2.05) is 19.1 Å². The maximum Gasteiger partial charge on any atom is 0.289 e. The molecule has 0 bridgehead atoms. The Morgan fingerprint density at radius 2 is 1.53 bits per heavy atom. The number of furan rings is 1. The Morgan fingerprint density at radius 1 is 0.941 bits per heavy atom. The lowest BCUT2D eigenvalue weighted by Crippen LogP contribution is -2.50. The Bertz CT molecular complexity index is 1330. The molecule has 1 aromatic heterocycles. The fourth-order valence-electron chi connectivity index (χ4n) is 4.35. The van der Waals surface area contributed by atoms with Crippen LogP contribution >= 0.6 is 0 Å². The molecule has 3 aromatic rings. The first-order valence-corrected chi connectivity index (χ1v) is 12.2. The zero-order chi connectivity index (χ0) is 24.6. The lowest BCUT2D eigenvalue weighted by Gasteiger charge is -2.34. The van der Waals surface area contributed by atoms with Crippen LogP contribution in [0.4, 0.5) is 5.69 Å². The van der Waals surface area contributed by atoms with Gasteiger partial charge in [-0.25, -0.2) is 8.42 Å². The topological polar surface area (TPSA) is 114 Å². The Balaban J connectivity index is 1.45. The van der Waals surface area contributed by atoms with E-state index in [0.717, 1.165) is 5.56 Å². The van der Waals surface area contributed by atoms with Gasteiger partial charge < -0.3 is 9.32 Å². The number of rotatable bonds is 5. The minimum Gasteiger partial charge on any atom is -0.451 e. The molecule has 0 unspecified atom stereocenters. The zero-order valence-electron chi connectivity index (χ0n) is 19.1. The van der Waals surface area contributed by atoms with Crippen LogP contribution in [0.25, 0.3) is 11.3 Å². The van der Waals surface area contributed by atoms with E-state index in [4.69, 9.17) is 4.42 Å². The fraction of sp³-hybridized carbons (Fsp3) is 0.292. The van der Waals surface area contributed by atoms with Crippen LogP contribution in [0.5, 0.6) is 0 Å². The van der Waals surface area contributed by atoms with Gasteiger partial charge in [0.2, 0.25) is 10.0 Å². The third kappa shape index (κ3) is 4.46. The van der Waals surface area contributed by atoms with Crippen molar-refractivity contribution in [1.82, 2.24) is 9.21 Å². The Kier molecular flexibility index (Phi) is 6.28. The first kappa shape index (κ1) is 23.7. The summed E-state index contributed by atoms with van der Waals surface area (Å²) >= 11 is 0. The van der Waals surface area contributed by atoms with Crippen molar-refractivity contribution in [2.24, 2.45) is 0 Å². The molecule has 0 N–H and O–H groups in total. The second-order valence-corrected chi connectivity index (χ2v) is 10.3. The van der Waals surface area contributed by atoms with Gasteiger partial charge in [0.15, 0.2) is 5.76 Å². The third-order valence-electron chi connectivity index (χ3n) is 5.91. The zero-order valence-corrected chi connectivity index (χ0v) is 20.0. The number of benzene rings is 2. The van der Waals surface area contributed by atoms with Gasteiger partial charge in [-0.1, -0.05) is 17.7 Å². The predicted molar refractivity (Wildman–Crippen MR) is 126 cm³/mol. The molecule has 1 saturated heterocycles. The summed E-state index contributed by atoms with van der Waals surface area (Å²) in [5.41, 5.74) is 3.02. The smallest absolute Gasteiger partial charge is 0.289 e. The lowest BCUT2D eigenvalue weighted by molar-refractivity contribution is -0.384. The molecule has 2 aromatic carbocycles. The second-order valence-electron chi connectivity index (χ2n) is 8.39. The van der Waals surface area contributed by atoms with Crippen molar-refractivity contribution in [3.63, 3.8) is 0 Å². The van der Waals surface area contributed by atoms with Crippen LogP contribution in [0.15, 0.2) is 57.8 Å². The fourth-order valence-corrected chi connectivity index (χ4v) is 6.18. The van der Waals surface area contributed by atoms with Crippen molar-refractivity contribution >= 4 is 21.6 Å². The summed E-state index contributed by atoms with van der Waals surface area (Å²) in [4.78, 5) is 25.2. The van der Waals surface area contributed by atoms with Gasteiger partial charge in [-0.05, 0) is 56.2 Å². The van der Waals surface area contributed by atoms with Crippen molar-refractivity contribution in [2.45, 2.75) is 25.7 Å². The standard InChI is InChI=1S/C24H25N3O6S/c1-16-14-17(2)23(18(3)15-16)34(31,32)26-12-10-25(11-13-26)24(28)22-9-8-21(33-22)19-4-6-20(7-5-19)27(29)30/h4-9,14-15H,10-13H2,1-3H3. The van der Waals surface area contributed by atoms with Crippen molar-refractivity contribution in [1.29, 1.82) is 0 Å². The van der Waals surface area contributed by atoms with Crippen LogP contribution in [0, 0.1) is 30.9 Å². The highest BCUT2D eigenvalue weighted by atomic mass is 32.2. The van der Waals surface area contributed by atoms with Crippen molar-refractivity contribution in [2.75, 3.05) is 26.2 Å². The molecule has 178 valence electrons. The van der Waals surface area contributed by atoms with Crippen molar-refractivity contribution in [3.8, 4) is 11.3 Å². The van der Waals surface area contributed by atoms with Crippen LogP contribution < -0.4 is 0 Å². The number of piperazine rings is 1. The van der Waals surface area contributed by atoms with Crippen molar-refractivity contribution in [3.05, 3.63) is 81.1 Å². The van der Waals surface area contributed by atoms with Crippen molar-refractivity contribution < 1.29 is 22.6 Å². The molecule has 0 spiro atoms. The highest BCUT2D eigenvalue weighted by Gasteiger charge is 2.33. The van der Waals surface area contributed by atoms with E-state index in [9.17, 15) is 23.3 Å². The van der Waals surface area contributed by atoms with E-state index in [-0.39, 0.29) is 43.5 Å². The number of nitro benzene ring substituents is 1. The lowest BCUT2D eigenvalue weighted by atomic mass is 10.1. The number of aryl methyl sites for hydroxylation is 3. The second kappa shape index (κ2) is 9.03. The molecule has 9 nitrogen and oxygen atoms in total. The molecule has 10 heteroatoms. The Labute approximate surface area is 197 Å². The molecule has 1 amide bonds. The van der Waals surface area contributed by atoms with Gasteiger partial charge in [0.1, 0.15) is 5.76 Å². The molecule has 0 radical (unpaired) electrons. The summed E-state index contributed by atoms with van der Waals surface area (Å²) in [5, 5.41) is 10.8. The Hall–Kier alpha value is -3.50. The van der Waals surface area contributed by atoms with E-state index >= 15 is 0 Å². The normalized spacial score (nSPS) is 14.9. The summed E-state index contributed by atoms with van der Waals surface area (Å²) in [7, 11) is -3.67. The number of sulfonamides is 1. The number of amides is 1. The van der Waals surface area contributed by atoms with Crippen LogP contribution in [0.3, 0.4) is 0 Å². The van der Waals surface area contributed by atoms with Gasteiger partial charge >= 0.3 is 0 Å². The highest BCUT2D eigenvalue weighted by molar-refractivity contribution is 7.89. The number of hydrogen-bond acceptors (Lipinski definition) is 6. The Morgan fingerprint density at radius 3 is 2.09 bits per heavy atom. The van der Waals surface area contributed by atoms with E-state index in [0.29, 0.717) is 27.3 Å². The summed E-state index contributed by atoms with van der Waals surface area (Å²) < 4.78 is 33.7. The molecule has 1 aliphatic heterocycles. The molecular weight excluding hydrogens is 458 g/mol. The van der Waals surface area contributed by atoms with Crippen LogP contribution in [0.2, 0.25) is 0 Å². The average Bonchev–Trinajstić information content (AvgIpc) is 3.28. The predicted octanol–water partition coefficient (Wildman–Crippen LogP) is 3.93. The van der Waals surface area contributed by atoms with E-state index < -0.39 is 14.9 Å². The van der Waals surface area contributed by atoms with Crippen LogP contribution in [-0.2, 0) is 10.0 Å². The first-order chi connectivity index (χ1) is 16.1. The van der Waals surface area contributed by atoms with Gasteiger partial charge in [0.25, 0.3) is 11.6 Å². The molecule has 1 aliphatic rings. The van der Waals surface area contributed by atoms with E-state index in [2.05, 4.69) is 0 Å². The molecule has 0 aliphatic carbocycles. The number of non-ortho nitro benzene ring substituents is 1. The summed E-state index contributed by atoms with van der Waals surface area (Å²) in [6.07, 6.45) is 0. The van der Waals surface area contributed by atoms with Gasteiger partial charge in [-0.3, -0.25) is 14.9 Å². The quantitative estimate of drug-likeness (QED) is 0.401. The SMILES string of the molecule is Cc1cc(C)c(S(=O)(=O)N2CCN(C(=O)c3ccc(-c4ccc([N+](=O)[O-])cc4)o3)CC2)c(C)c1.